The summed E-state index contributed by atoms with van der Waals surface area (Å²) in [5, 5.41) is 3.70. The number of alkyl halides is 3. The molecule has 0 heterocycles. The molecule has 26 heavy (non-hydrogen) atoms. The minimum absolute atomic E-state index is 0.0352. The molecule has 146 valence electrons. The summed E-state index contributed by atoms with van der Waals surface area (Å²) in [6.45, 7) is 4.47. The highest BCUT2D eigenvalue weighted by molar-refractivity contribution is 5.90. The van der Waals surface area contributed by atoms with Gasteiger partial charge in [0.25, 0.3) is 0 Å². The average molecular weight is 376 g/mol. The first-order chi connectivity index (χ1) is 12.2. The Bertz CT molecular complexity index is 605. The number of benzene rings is 1. The standard InChI is InChI=1S/C17H23F3N2O4/c1-4-6-11-26-14-9-7-13(8-10-14)22-16(17(18,19)20,21-12(3)23)15(24)25-5-2/h7-10,22H,4-6,11H2,1-3H3,(H,21,23). The Morgan fingerprint density at radius 1 is 1.12 bits per heavy atom. The van der Waals surface area contributed by atoms with Crippen LogP contribution in [0.1, 0.15) is 33.6 Å². The largest absolute Gasteiger partial charge is 0.494 e. The Hall–Kier alpha value is -2.45. The monoisotopic (exact) mass is 376 g/mol. The quantitative estimate of drug-likeness (QED) is 0.393. The Labute approximate surface area is 150 Å². The van der Waals surface area contributed by atoms with E-state index in [-0.39, 0.29) is 12.3 Å². The number of esters is 1. The second kappa shape index (κ2) is 9.30. The van der Waals surface area contributed by atoms with Gasteiger partial charge in [-0.3, -0.25) is 4.79 Å². The lowest BCUT2D eigenvalue weighted by Crippen LogP contribution is -2.69. The highest BCUT2D eigenvalue weighted by Crippen LogP contribution is 2.33. The van der Waals surface area contributed by atoms with Gasteiger partial charge in [-0.2, -0.15) is 13.2 Å². The lowest BCUT2D eigenvalue weighted by Gasteiger charge is -2.35. The molecule has 0 radical (unpaired) electrons. The molecule has 0 bridgehead atoms. The van der Waals surface area contributed by atoms with Crippen molar-refractivity contribution < 1.29 is 32.2 Å². The molecule has 0 aromatic heterocycles. The first-order valence-electron chi connectivity index (χ1n) is 8.20. The summed E-state index contributed by atoms with van der Waals surface area (Å²) in [7, 11) is 0. The van der Waals surface area contributed by atoms with Gasteiger partial charge in [-0.25, -0.2) is 4.79 Å². The van der Waals surface area contributed by atoms with E-state index in [0.717, 1.165) is 19.8 Å². The zero-order valence-corrected chi connectivity index (χ0v) is 14.9. The first-order valence-corrected chi connectivity index (χ1v) is 8.20. The third kappa shape index (κ3) is 5.53. The van der Waals surface area contributed by atoms with Crippen molar-refractivity contribution in [3.8, 4) is 5.75 Å². The molecule has 1 rings (SSSR count). The van der Waals surface area contributed by atoms with Crippen LogP contribution >= 0.6 is 0 Å². The van der Waals surface area contributed by atoms with Gasteiger partial charge in [0, 0.05) is 12.6 Å². The Morgan fingerprint density at radius 2 is 1.73 bits per heavy atom. The number of hydrogen-bond acceptors (Lipinski definition) is 5. The van der Waals surface area contributed by atoms with Crippen molar-refractivity contribution in [1.29, 1.82) is 0 Å². The van der Waals surface area contributed by atoms with Gasteiger partial charge in [0.15, 0.2) is 0 Å². The van der Waals surface area contributed by atoms with E-state index in [1.807, 2.05) is 6.92 Å². The minimum atomic E-state index is -5.14. The molecule has 1 unspecified atom stereocenters. The summed E-state index contributed by atoms with van der Waals surface area (Å²) in [5.74, 6) is -2.20. The number of carbonyl (C=O) groups excluding carboxylic acids is 2. The van der Waals surface area contributed by atoms with E-state index in [2.05, 4.69) is 10.1 Å². The van der Waals surface area contributed by atoms with Gasteiger partial charge in [-0.15, -0.1) is 0 Å². The van der Waals surface area contributed by atoms with Crippen LogP contribution in [0.15, 0.2) is 24.3 Å². The summed E-state index contributed by atoms with van der Waals surface area (Å²) in [6.07, 6.45) is -3.34. The van der Waals surface area contributed by atoms with Crippen LogP contribution in [0.3, 0.4) is 0 Å². The highest BCUT2D eigenvalue weighted by atomic mass is 19.4. The fourth-order valence-electron chi connectivity index (χ4n) is 2.08. The molecular weight excluding hydrogens is 353 g/mol. The van der Waals surface area contributed by atoms with Gasteiger partial charge in [-0.05, 0) is 37.6 Å². The van der Waals surface area contributed by atoms with Crippen LogP contribution in [0.5, 0.6) is 5.75 Å². The summed E-state index contributed by atoms with van der Waals surface area (Å²) in [6, 6.07) is 5.59. The second-order valence-corrected chi connectivity index (χ2v) is 5.50. The molecular formula is C17H23F3N2O4. The third-order valence-corrected chi connectivity index (χ3v) is 3.32. The molecule has 1 aromatic carbocycles. The molecule has 1 aromatic rings. The van der Waals surface area contributed by atoms with Crippen LogP contribution in [0.25, 0.3) is 0 Å². The predicted molar refractivity (Wildman–Crippen MR) is 89.7 cm³/mol. The van der Waals surface area contributed by atoms with Crippen molar-refractivity contribution in [2.45, 2.75) is 45.5 Å². The van der Waals surface area contributed by atoms with E-state index in [1.54, 1.807) is 5.32 Å². The average Bonchev–Trinajstić information content (AvgIpc) is 2.54. The fraction of sp³-hybridized carbons (Fsp3) is 0.529. The number of hydrogen-bond donors (Lipinski definition) is 2. The van der Waals surface area contributed by atoms with Crippen LogP contribution in [-0.4, -0.2) is 36.9 Å². The normalized spacial score (nSPS) is 13.5. The number of ether oxygens (including phenoxy) is 2. The molecule has 1 amide bonds. The molecule has 0 fully saturated rings. The van der Waals surface area contributed by atoms with Gasteiger partial charge in [0.05, 0.1) is 13.2 Å². The molecule has 1 atom stereocenters. The summed E-state index contributed by atoms with van der Waals surface area (Å²) < 4.78 is 51.0. The number of nitrogens with one attached hydrogen (secondary N) is 2. The topological polar surface area (TPSA) is 76.7 Å². The molecule has 0 saturated heterocycles. The van der Waals surface area contributed by atoms with E-state index in [4.69, 9.17) is 4.74 Å². The maximum atomic E-state index is 13.7. The molecule has 0 aliphatic carbocycles. The van der Waals surface area contributed by atoms with Gasteiger partial charge in [0.2, 0.25) is 5.91 Å². The van der Waals surface area contributed by atoms with Crippen LogP contribution in [0, 0.1) is 0 Å². The van der Waals surface area contributed by atoms with Gasteiger partial charge >= 0.3 is 17.8 Å². The SMILES string of the molecule is CCCCOc1ccc(NC(NC(C)=O)(C(=O)OCC)C(F)(F)F)cc1. The lowest BCUT2D eigenvalue weighted by atomic mass is 10.1. The maximum absolute atomic E-state index is 13.7. The molecule has 6 nitrogen and oxygen atoms in total. The van der Waals surface area contributed by atoms with Crippen LogP contribution in [0.2, 0.25) is 0 Å². The molecule has 0 aliphatic rings. The Morgan fingerprint density at radius 3 is 2.19 bits per heavy atom. The number of halogens is 3. The highest BCUT2D eigenvalue weighted by Gasteiger charge is 2.63. The third-order valence-electron chi connectivity index (χ3n) is 3.32. The van der Waals surface area contributed by atoms with E-state index in [9.17, 15) is 22.8 Å². The number of rotatable bonds is 9. The van der Waals surface area contributed by atoms with Crippen molar-refractivity contribution in [1.82, 2.24) is 5.32 Å². The summed E-state index contributed by atoms with van der Waals surface area (Å²) in [4.78, 5) is 23.4. The second-order valence-electron chi connectivity index (χ2n) is 5.50. The van der Waals surface area contributed by atoms with Crippen molar-refractivity contribution in [2.75, 3.05) is 18.5 Å². The zero-order chi connectivity index (χ0) is 19.8. The van der Waals surface area contributed by atoms with E-state index < -0.39 is 23.7 Å². The van der Waals surface area contributed by atoms with Crippen LogP contribution < -0.4 is 15.4 Å². The molecule has 9 heteroatoms. The van der Waals surface area contributed by atoms with Gasteiger partial charge in [-0.1, -0.05) is 13.3 Å². The molecule has 0 spiro atoms. The summed E-state index contributed by atoms with van der Waals surface area (Å²) in [5.41, 5.74) is -3.42. The first kappa shape index (κ1) is 21.6. The number of carbonyl (C=O) groups is 2. The zero-order valence-electron chi connectivity index (χ0n) is 14.9. The van der Waals surface area contributed by atoms with E-state index in [1.165, 1.54) is 31.2 Å². The number of amides is 1. The number of anilines is 1. The van der Waals surface area contributed by atoms with Crippen molar-refractivity contribution in [3.63, 3.8) is 0 Å². The van der Waals surface area contributed by atoms with E-state index >= 15 is 0 Å². The van der Waals surface area contributed by atoms with Gasteiger partial charge < -0.3 is 20.1 Å². The molecule has 0 saturated carbocycles. The summed E-state index contributed by atoms with van der Waals surface area (Å²) >= 11 is 0. The maximum Gasteiger partial charge on any atom is 0.441 e. The fourth-order valence-corrected chi connectivity index (χ4v) is 2.08. The van der Waals surface area contributed by atoms with Crippen LogP contribution in [-0.2, 0) is 14.3 Å². The van der Waals surface area contributed by atoms with Crippen molar-refractivity contribution in [2.24, 2.45) is 0 Å². The van der Waals surface area contributed by atoms with Gasteiger partial charge in [0.1, 0.15) is 5.75 Å². The number of unbranched alkanes of at least 4 members (excludes halogenated alkanes) is 1. The Kier molecular flexibility index (Phi) is 7.73. The molecule has 2 N–H and O–H groups in total. The molecule has 0 aliphatic heterocycles. The Balaban J connectivity index is 3.11. The minimum Gasteiger partial charge on any atom is -0.494 e. The predicted octanol–water partition coefficient (Wildman–Crippen LogP) is 3.24. The van der Waals surface area contributed by atoms with Crippen molar-refractivity contribution in [3.05, 3.63) is 24.3 Å². The van der Waals surface area contributed by atoms with E-state index in [0.29, 0.717) is 12.4 Å². The smallest absolute Gasteiger partial charge is 0.441 e. The van der Waals surface area contributed by atoms with Crippen molar-refractivity contribution >= 4 is 17.6 Å². The lowest BCUT2D eigenvalue weighted by molar-refractivity contribution is -0.207. The van der Waals surface area contributed by atoms with Crippen LogP contribution in [0.4, 0.5) is 18.9 Å².